The molecule has 1 heterocycles. The van der Waals surface area contributed by atoms with Crippen LogP contribution in [0.2, 0.25) is 0 Å². The fourth-order valence-corrected chi connectivity index (χ4v) is 2.90. The van der Waals surface area contributed by atoms with E-state index in [4.69, 9.17) is 9.47 Å². The van der Waals surface area contributed by atoms with E-state index < -0.39 is 16.8 Å². The minimum absolute atomic E-state index is 0.0614. The van der Waals surface area contributed by atoms with Crippen LogP contribution in [0.15, 0.2) is 60.1 Å². The van der Waals surface area contributed by atoms with E-state index in [2.05, 4.69) is 5.32 Å². The smallest absolute Gasteiger partial charge is 0.317 e. The van der Waals surface area contributed by atoms with Crippen LogP contribution < -0.4 is 14.8 Å². The lowest BCUT2D eigenvalue weighted by Gasteiger charge is -2.26. The van der Waals surface area contributed by atoms with Gasteiger partial charge >= 0.3 is 11.7 Å². The molecule has 0 saturated heterocycles. The number of carbonyl (C=O) groups excluding carboxylic acids is 1. The highest BCUT2D eigenvalue weighted by Gasteiger charge is 2.40. The van der Waals surface area contributed by atoms with Gasteiger partial charge in [-0.25, -0.2) is 0 Å². The molecule has 0 bridgehead atoms. The van der Waals surface area contributed by atoms with Crippen LogP contribution in [-0.4, -0.2) is 17.9 Å². The molecule has 0 spiro atoms. The molecule has 0 unspecified atom stereocenters. The molecule has 3 rings (SSSR count). The molecular weight excluding hydrogens is 324 g/mol. The number of hydrogen-bond donors (Lipinski definition) is 1. The third-order valence-corrected chi connectivity index (χ3v) is 3.86. The van der Waals surface area contributed by atoms with E-state index >= 15 is 0 Å². The second-order valence-electron chi connectivity index (χ2n) is 5.43. The topological polar surface area (TPSA) is 90.7 Å². The molecule has 0 fully saturated rings. The van der Waals surface area contributed by atoms with Crippen molar-refractivity contribution in [1.29, 1.82) is 0 Å². The molecule has 2 aromatic carbocycles. The highest BCUT2D eigenvalue weighted by atomic mass is 16.6. The normalized spacial score (nSPS) is 15.8. The molecule has 7 nitrogen and oxygen atoms in total. The predicted octanol–water partition coefficient (Wildman–Crippen LogP) is 2.80. The number of rotatable bonds is 4. The highest BCUT2D eigenvalue weighted by molar-refractivity contribution is 5.70. The number of ether oxygens (including phenoxy) is 2. The maximum Gasteiger partial charge on any atom is 0.317 e. The van der Waals surface area contributed by atoms with Crippen LogP contribution >= 0.6 is 0 Å². The summed E-state index contributed by atoms with van der Waals surface area (Å²) >= 11 is 0. The summed E-state index contributed by atoms with van der Waals surface area (Å²) in [7, 11) is 1.56. The van der Waals surface area contributed by atoms with Gasteiger partial charge in [-0.3, -0.25) is 14.9 Å². The molecule has 25 heavy (non-hydrogen) atoms. The summed E-state index contributed by atoms with van der Waals surface area (Å²) in [4.78, 5) is 22.7. The van der Waals surface area contributed by atoms with Crippen molar-refractivity contribution in [3.8, 4) is 11.5 Å². The molecule has 0 radical (unpaired) electrons. The van der Waals surface area contributed by atoms with E-state index in [0.717, 1.165) is 0 Å². The van der Waals surface area contributed by atoms with E-state index in [1.165, 1.54) is 6.92 Å². The van der Waals surface area contributed by atoms with Gasteiger partial charge in [-0.1, -0.05) is 36.4 Å². The van der Waals surface area contributed by atoms with Gasteiger partial charge in [0.1, 0.15) is 17.4 Å². The Kier molecular flexibility index (Phi) is 4.38. The molecule has 1 aliphatic heterocycles. The summed E-state index contributed by atoms with van der Waals surface area (Å²) in [5, 5.41) is 14.5. The van der Waals surface area contributed by atoms with E-state index in [1.807, 2.05) is 0 Å². The van der Waals surface area contributed by atoms with Gasteiger partial charge in [-0.15, -0.1) is 0 Å². The Labute approximate surface area is 144 Å². The SMILES string of the molecule is CNC1=C([N+](=O)[O-])[C@H](c2ccccc2OC(C)=O)c2ccccc2O1. The largest absolute Gasteiger partial charge is 0.435 e. The van der Waals surface area contributed by atoms with Gasteiger partial charge in [0.15, 0.2) is 0 Å². The van der Waals surface area contributed by atoms with Crippen molar-refractivity contribution in [2.24, 2.45) is 0 Å². The summed E-state index contributed by atoms with van der Waals surface area (Å²) < 4.78 is 10.9. The van der Waals surface area contributed by atoms with Gasteiger partial charge < -0.3 is 14.8 Å². The van der Waals surface area contributed by atoms with E-state index in [1.54, 1.807) is 55.6 Å². The Bertz CT molecular complexity index is 875. The van der Waals surface area contributed by atoms with Crippen LogP contribution in [0.4, 0.5) is 0 Å². The lowest BCUT2D eigenvalue weighted by molar-refractivity contribution is -0.432. The number of nitrogens with zero attached hydrogens (tertiary/aromatic N) is 1. The van der Waals surface area contributed by atoms with Crippen LogP contribution in [0.3, 0.4) is 0 Å². The molecule has 1 N–H and O–H groups in total. The zero-order valence-corrected chi connectivity index (χ0v) is 13.7. The van der Waals surface area contributed by atoms with E-state index in [9.17, 15) is 14.9 Å². The van der Waals surface area contributed by atoms with Gasteiger partial charge in [-0.2, -0.15) is 0 Å². The highest BCUT2D eigenvalue weighted by Crippen LogP contribution is 2.45. The summed E-state index contributed by atoms with van der Waals surface area (Å²) in [5.41, 5.74) is 1.02. The Morgan fingerprint density at radius 2 is 1.80 bits per heavy atom. The number of allylic oxidation sites excluding steroid dienone is 1. The zero-order chi connectivity index (χ0) is 18.0. The molecule has 128 valence electrons. The van der Waals surface area contributed by atoms with Crippen LogP contribution in [0.1, 0.15) is 24.0 Å². The fourth-order valence-electron chi connectivity index (χ4n) is 2.90. The second-order valence-corrected chi connectivity index (χ2v) is 5.43. The van der Waals surface area contributed by atoms with Crippen molar-refractivity contribution in [2.75, 3.05) is 7.05 Å². The third-order valence-electron chi connectivity index (χ3n) is 3.86. The quantitative estimate of drug-likeness (QED) is 0.398. The van der Waals surface area contributed by atoms with Crippen LogP contribution in [0, 0.1) is 10.1 Å². The number of nitro groups is 1. The maximum absolute atomic E-state index is 11.8. The van der Waals surface area contributed by atoms with Gasteiger partial charge in [0.2, 0.25) is 0 Å². The third kappa shape index (κ3) is 3.03. The standard InChI is InChI=1S/C18H16N2O5/c1-11(21)24-14-9-5-3-7-12(14)16-13-8-4-6-10-15(13)25-18(19-2)17(16)20(22)23/h3-10,16,19H,1-2H3/t16-/m1/s1. The van der Waals surface area contributed by atoms with Gasteiger partial charge in [-0.05, 0) is 12.1 Å². The summed E-state index contributed by atoms with van der Waals surface area (Å²) in [6.45, 7) is 1.29. The first-order chi connectivity index (χ1) is 12.0. The number of carbonyl (C=O) groups is 1. The van der Waals surface area contributed by atoms with Crippen LogP contribution in [-0.2, 0) is 4.79 Å². The van der Waals surface area contributed by atoms with Crippen molar-refractivity contribution in [3.63, 3.8) is 0 Å². The van der Waals surface area contributed by atoms with Gasteiger partial charge in [0.05, 0.1) is 4.92 Å². The van der Waals surface area contributed by atoms with Crippen molar-refractivity contribution < 1.29 is 19.2 Å². The number of hydrogen-bond acceptors (Lipinski definition) is 6. The minimum Gasteiger partial charge on any atom is -0.435 e. The zero-order valence-electron chi connectivity index (χ0n) is 13.7. The van der Waals surface area contributed by atoms with Crippen molar-refractivity contribution >= 4 is 5.97 Å². The molecule has 0 saturated carbocycles. The van der Waals surface area contributed by atoms with Gasteiger partial charge in [0.25, 0.3) is 5.88 Å². The average Bonchev–Trinajstić information content (AvgIpc) is 2.60. The average molecular weight is 340 g/mol. The molecule has 0 aliphatic carbocycles. The molecular formula is C18H16N2O5. The monoisotopic (exact) mass is 340 g/mol. The first-order valence-corrected chi connectivity index (χ1v) is 7.63. The molecule has 1 atom stereocenters. The number of esters is 1. The fraction of sp³-hybridized carbons (Fsp3) is 0.167. The predicted molar refractivity (Wildman–Crippen MR) is 89.7 cm³/mol. The second kappa shape index (κ2) is 6.64. The van der Waals surface area contributed by atoms with Crippen molar-refractivity contribution in [3.05, 3.63) is 81.4 Å². The Morgan fingerprint density at radius 3 is 2.44 bits per heavy atom. The lowest BCUT2D eigenvalue weighted by Crippen LogP contribution is -2.28. The van der Waals surface area contributed by atoms with Crippen molar-refractivity contribution in [2.45, 2.75) is 12.8 Å². The molecule has 1 aliphatic rings. The number of nitrogens with one attached hydrogen (secondary N) is 1. The van der Waals surface area contributed by atoms with Crippen molar-refractivity contribution in [1.82, 2.24) is 5.32 Å². The summed E-state index contributed by atoms with van der Waals surface area (Å²) in [6, 6.07) is 13.9. The first kappa shape index (κ1) is 16.5. The first-order valence-electron chi connectivity index (χ1n) is 7.63. The van der Waals surface area contributed by atoms with Gasteiger partial charge in [0, 0.05) is 25.1 Å². The number of fused-ring (bicyclic) bond motifs is 1. The molecule has 0 aromatic heterocycles. The van der Waals surface area contributed by atoms with Crippen LogP contribution in [0.25, 0.3) is 0 Å². The Morgan fingerprint density at radius 1 is 1.16 bits per heavy atom. The summed E-state index contributed by atoms with van der Waals surface area (Å²) in [5.74, 6) is -0.371. The molecule has 2 aromatic rings. The minimum atomic E-state index is -0.738. The maximum atomic E-state index is 11.8. The molecule has 7 heteroatoms. The molecule has 0 amide bonds. The number of para-hydroxylation sites is 2. The Balaban J connectivity index is 2.26. The van der Waals surface area contributed by atoms with E-state index in [0.29, 0.717) is 16.9 Å². The van der Waals surface area contributed by atoms with Crippen LogP contribution in [0.5, 0.6) is 11.5 Å². The van der Waals surface area contributed by atoms with E-state index in [-0.39, 0.29) is 17.3 Å². The number of benzene rings is 2. The summed E-state index contributed by atoms with van der Waals surface area (Å²) in [6.07, 6.45) is 0. The lowest BCUT2D eigenvalue weighted by atomic mass is 9.86. The Hall–Kier alpha value is -3.35.